The van der Waals surface area contributed by atoms with Crippen LogP contribution >= 0.6 is 0 Å². The van der Waals surface area contributed by atoms with Crippen LogP contribution in [-0.2, 0) is 14.3 Å². The molecule has 2 amide bonds. The Morgan fingerprint density at radius 3 is 2.34 bits per heavy atom. The molecule has 2 aliphatic carbocycles. The van der Waals surface area contributed by atoms with E-state index in [-0.39, 0.29) is 42.9 Å². The third-order valence-electron chi connectivity index (χ3n) is 7.80. The average Bonchev–Trinajstić information content (AvgIpc) is 3.59. The molecule has 2 fully saturated rings. The van der Waals surface area contributed by atoms with Crippen molar-refractivity contribution in [2.75, 3.05) is 13.2 Å². The molecular weight excluding hydrogens is 444 g/mol. The van der Waals surface area contributed by atoms with Crippen LogP contribution in [0.3, 0.4) is 0 Å². The van der Waals surface area contributed by atoms with Gasteiger partial charge in [0.2, 0.25) is 5.91 Å². The Morgan fingerprint density at radius 2 is 1.66 bits per heavy atom. The van der Waals surface area contributed by atoms with Gasteiger partial charge in [0, 0.05) is 36.9 Å². The Kier molecular flexibility index (Phi) is 6.75. The lowest BCUT2D eigenvalue weighted by atomic mass is 9.98. The van der Waals surface area contributed by atoms with E-state index in [1.54, 1.807) is 0 Å². The quantitative estimate of drug-likeness (QED) is 0.611. The molecule has 0 aromatic heterocycles. The molecule has 1 aliphatic heterocycles. The average molecular weight is 477 g/mol. The third kappa shape index (κ3) is 4.90. The van der Waals surface area contributed by atoms with Gasteiger partial charge in [-0.05, 0) is 60.8 Å². The maximum atomic E-state index is 13.1. The Morgan fingerprint density at radius 1 is 0.971 bits per heavy atom. The number of nitrogens with zero attached hydrogens (tertiary/aromatic N) is 1. The standard InChI is InChI=1S/C28H32N2O5/c31-26(32)14-13-20-6-5-15-30(20)27(33)18-11-12-19(16-18)29-28(34)35-17-25-23-9-3-1-7-21(23)22-8-2-4-10-24(22)25/h1-4,7-10,18-20,25H,5-6,11-17H2,(H,29,34)(H,31,32). The first-order chi connectivity index (χ1) is 17.0. The summed E-state index contributed by atoms with van der Waals surface area (Å²) >= 11 is 0. The van der Waals surface area contributed by atoms with Gasteiger partial charge < -0.3 is 20.1 Å². The molecule has 2 aromatic rings. The minimum absolute atomic E-state index is 0.0176. The van der Waals surface area contributed by atoms with Gasteiger partial charge in [-0.2, -0.15) is 0 Å². The number of carboxylic acids is 1. The molecule has 35 heavy (non-hydrogen) atoms. The summed E-state index contributed by atoms with van der Waals surface area (Å²) in [6, 6.07) is 16.4. The number of aliphatic carboxylic acids is 1. The molecule has 1 saturated heterocycles. The van der Waals surface area contributed by atoms with Gasteiger partial charge in [0.1, 0.15) is 6.61 Å². The fourth-order valence-corrected chi connectivity index (χ4v) is 6.09. The summed E-state index contributed by atoms with van der Waals surface area (Å²) in [7, 11) is 0. The maximum absolute atomic E-state index is 13.1. The summed E-state index contributed by atoms with van der Waals surface area (Å²) in [6.07, 6.45) is 4.03. The number of carboxylic acid groups (broad SMARTS) is 1. The van der Waals surface area contributed by atoms with Crippen molar-refractivity contribution in [2.24, 2.45) is 5.92 Å². The highest BCUT2D eigenvalue weighted by Crippen LogP contribution is 2.44. The molecule has 2 aromatic carbocycles. The molecule has 184 valence electrons. The number of benzene rings is 2. The summed E-state index contributed by atoms with van der Waals surface area (Å²) < 4.78 is 5.67. The van der Waals surface area contributed by atoms with E-state index in [0.29, 0.717) is 19.4 Å². The zero-order valence-electron chi connectivity index (χ0n) is 19.8. The largest absolute Gasteiger partial charge is 0.481 e. The van der Waals surface area contributed by atoms with E-state index in [1.165, 1.54) is 22.3 Å². The first kappa shape index (κ1) is 23.4. The summed E-state index contributed by atoms with van der Waals surface area (Å²) in [6.45, 7) is 0.970. The van der Waals surface area contributed by atoms with Crippen molar-refractivity contribution in [3.05, 3.63) is 59.7 Å². The molecule has 3 unspecified atom stereocenters. The molecule has 1 heterocycles. The summed E-state index contributed by atoms with van der Waals surface area (Å²) in [5, 5.41) is 12.0. The van der Waals surface area contributed by atoms with Crippen molar-refractivity contribution in [3.8, 4) is 11.1 Å². The Bertz CT molecular complexity index is 1070. The van der Waals surface area contributed by atoms with Crippen LogP contribution in [0.4, 0.5) is 4.79 Å². The smallest absolute Gasteiger partial charge is 0.407 e. The minimum atomic E-state index is -0.822. The second-order valence-corrected chi connectivity index (χ2v) is 9.94. The number of nitrogens with one attached hydrogen (secondary N) is 1. The van der Waals surface area contributed by atoms with Gasteiger partial charge >= 0.3 is 12.1 Å². The molecular formula is C28H32N2O5. The molecule has 0 bridgehead atoms. The molecule has 7 nitrogen and oxygen atoms in total. The number of amides is 2. The van der Waals surface area contributed by atoms with Gasteiger partial charge in [-0.15, -0.1) is 0 Å². The van der Waals surface area contributed by atoms with E-state index in [2.05, 4.69) is 29.6 Å². The SMILES string of the molecule is O=C(O)CCC1CCCN1C(=O)C1CCC(NC(=O)OCC2c3ccccc3-c3ccccc32)C1. The van der Waals surface area contributed by atoms with E-state index in [9.17, 15) is 14.4 Å². The van der Waals surface area contributed by atoms with Crippen LogP contribution in [0.1, 0.15) is 62.0 Å². The predicted molar refractivity (Wildman–Crippen MR) is 131 cm³/mol. The van der Waals surface area contributed by atoms with Crippen LogP contribution < -0.4 is 5.32 Å². The molecule has 3 aliphatic rings. The fourth-order valence-electron chi connectivity index (χ4n) is 6.09. The van der Waals surface area contributed by atoms with Crippen molar-refractivity contribution in [2.45, 2.75) is 62.9 Å². The lowest BCUT2D eigenvalue weighted by Crippen LogP contribution is -2.40. The molecule has 1 saturated carbocycles. The molecule has 0 spiro atoms. The van der Waals surface area contributed by atoms with Crippen molar-refractivity contribution in [3.63, 3.8) is 0 Å². The Balaban J connectivity index is 1.13. The molecule has 5 rings (SSSR count). The summed E-state index contributed by atoms with van der Waals surface area (Å²) in [4.78, 5) is 38.5. The number of rotatable bonds is 7. The van der Waals surface area contributed by atoms with Crippen molar-refractivity contribution >= 4 is 18.0 Å². The highest BCUT2D eigenvalue weighted by atomic mass is 16.5. The predicted octanol–water partition coefficient (Wildman–Crippen LogP) is 4.55. The first-order valence-electron chi connectivity index (χ1n) is 12.6. The van der Waals surface area contributed by atoms with Gasteiger partial charge in [0.05, 0.1) is 0 Å². The third-order valence-corrected chi connectivity index (χ3v) is 7.80. The van der Waals surface area contributed by atoms with E-state index in [4.69, 9.17) is 9.84 Å². The van der Waals surface area contributed by atoms with Crippen LogP contribution in [0, 0.1) is 5.92 Å². The molecule has 3 atom stereocenters. The van der Waals surface area contributed by atoms with Crippen molar-refractivity contribution < 1.29 is 24.2 Å². The molecule has 7 heteroatoms. The number of hydrogen-bond acceptors (Lipinski definition) is 4. The second kappa shape index (κ2) is 10.1. The van der Waals surface area contributed by atoms with E-state index in [1.807, 2.05) is 29.2 Å². The monoisotopic (exact) mass is 476 g/mol. The lowest BCUT2D eigenvalue weighted by molar-refractivity contribution is -0.140. The van der Waals surface area contributed by atoms with Gasteiger partial charge in [-0.25, -0.2) is 4.79 Å². The number of likely N-dealkylation sites (tertiary alicyclic amines) is 1. The van der Waals surface area contributed by atoms with Gasteiger partial charge in [0.25, 0.3) is 0 Å². The molecule has 2 N–H and O–H groups in total. The summed E-state index contributed by atoms with van der Waals surface area (Å²) in [5.74, 6) is -0.824. The number of carbonyl (C=O) groups is 3. The Labute approximate surface area is 205 Å². The zero-order chi connectivity index (χ0) is 24.4. The van der Waals surface area contributed by atoms with E-state index < -0.39 is 12.1 Å². The topological polar surface area (TPSA) is 95.9 Å². The summed E-state index contributed by atoms with van der Waals surface area (Å²) in [5.41, 5.74) is 4.74. The molecule has 0 radical (unpaired) electrons. The van der Waals surface area contributed by atoms with Crippen LogP contribution in [0.15, 0.2) is 48.5 Å². The van der Waals surface area contributed by atoms with Crippen LogP contribution in [-0.4, -0.2) is 53.2 Å². The fraction of sp³-hybridized carbons (Fsp3) is 0.464. The lowest BCUT2D eigenvalue weighted by Gasteiger charge is -2.27. The second-order valence-electron chi connectivity index (χ2n) is 9.94. The van der Waals surface area contributed by atoms with Crippen LogP contribution in [0.25, 0.3) is 11.1 Å². The highest BCUT2D eigenvalue weighted by Gasteiger charge is 2.38. The number of alkyl carbamates (subject to hydrolysis) is 1. The van der Waals surface area contributed by atoms with E-state index >= 15 is 0 Å². The van der Waals surface area contributed by atoms with Gasteiger partial charge in [-0.1, -0.05) is 48.5 Å². The number of ether oxygens (including phenoxy) is 1. The highest BCUT2D eigenvalue weighted by molar-refractivity contribution is 5.80. The van der Waals surface area contributed by atoms with Crippen molar-refractivity contribution in [1.82, 2.24) is 10.2 Å². The van der Waals surface area contributed by atoms with Crippen LogP contribution in [0.2, 0.25) is 0 Å². The number of carbonyl (C=O) groups excluding carboxylic acids is 2. The minimum Gasteiger partial charge on any atom is -0.481 e. The normalized spacial score (nSPS) is 23.1. The van der Waals surface area contributed by atoms with Crippen molar-refractivity contribution in [1.29, 1.82) is 0 Å². The number of hydrogen-bond donors (Lipinski definition) is 2. The van der Waals surface area contributed by atoms with E-state index in [0.717, 1.165) is 25.7 Å². The maximum Gasteiger partial charge on any atom is 0.407 e. The van der Waals surface area contributed by atoms with Crippen LogP contribution in [0.5, 0.6) is 0 Å². The van der Waals surface area contributed by atoms with Gasteiger partial charge in [-0.3, -0.25) is 9.59 Å². The zero-order valence-corrected chi connectivity index (χ0v) is 19.8. The number of fused-ring (bicyclic) bond motifs is 3. The first-order valence-corrected chi connectivity index (χ1v) is 12.6. The Hall–Kier alpha value is -3.35. The van der Waals surface area contributed by atoms with Gasteiger partial charge in [0.15, 0.2) is 0 Å².